The lowest BCUT2D eigenvalue weighted by atomic mass is 10.3. The molecular weight excluding hydrogens is 385 g/mol. The second kappa shape index (κ2) is 5.55. The van der Waals surface area contributed by atoms with Crippen LogP contribution in [0.25, 0.3) is 0 Å². The number of rotatable bonds is 4. The summed E-state index contributed by atoms with van der Waals surface area (Å²) < 4.78 is 27.6. The Labute approximate surface area is 123 Å². The van der Waals surface area contributed by atoms with E-state index in [-0.39, 0.29) is 11.5 Å². The fraction of sp³-hybridized carbons (Fsp3) is 0.0909. The maximum atomic E-state index is 12.1. The molecule has 0 spiro atoms. The predicted octanol–water partition coefficient (Wildman–Crippen LogP) is 2.65. The fourth-order valence-corrected chi connectivity index (χ4v) is 4.08. The van der Waals surface area contributed by atoms with Crippen molar-refractivity contribution < 1.29 is 13.5 Å². The second-order valence-corrected chi connectivity index (χ2v) is 7.45. The lowest BCUT2D eigenvalue weighted by Gasteiger charge is -2.06. The summed E-state index contributed by atoms with van der Waals surface area (Å²) in [6.45, 7) is -0.149. The Balaban J connectivity index is 2.27. The van der Waals surface area contributed by atoms with Crippen molar-refractivity contribution in [3.63, 3.8) is 0 Å². The summed E-state index contributed by atoms with van der Waals surface area (Å²) in [6.07, 6.45) is 0. The third-order valence-corrected chi connectivity index (χ3v) is 5.28. The van der Waals surface area contributed by atoms with E-state index in [1.165, 1.54) is 22.8 Å². The Morgan fingerprint density at radius 3 is 2.72 bits per heavy atom. The van der Waals surface area contributed by atoms with E-state index in [2.05, 4.69) is 27.3 Å². The molecule has 0 aliphatic heterocycles. The van der Waals surface area contributed by atoms with Gasteiger partial charge in [0.1, 0.15) is 0 Å². The highest BCUT2D eigenvalue weighted by Crippen LogP contribution is 2.22. The van der Waals surface area contributed by atoms with E-state index < -0.39 is 10.0 Å². The first kappa shape index (κ1) is 13.8. The quantitative estimate of drug-likeness (QED) is 0.783. The SMILES string of the molecule is O=S(=O)(Nc1cccc(I)c1)c1csc(CO)c1. The molecule has 0 unspecified atom stereocenters. The molecule has 0 amide bonds. The average Bonchev–Trinajstić information content (AvgIpc) is 2.77. The number of anilines is 1. The maximum Gasteiger partial charge on any atom is 0.262 e. The van der Waals surface area contributed by atoms with Crippen LogP contribution in [0.15, 0.2) is 40.6 Å². The minimum atomic E-state index is -3.57. The summed E-state index contributed by atoms with van der Waals surface area (Å²) in [5, 5.41) is 10.5. The van der Waals surface area contributed by atoms with Crippen molar-refractivity contribution in [1.82, 2.24) is 0 Å². The molecule has 4 nitrogen and oxygen atoms in total. The van der Waals surface area contributed by atoms with Gasteiger partial charge >= 0.3 is 0 Å². The molecule has 0 fully saturated rings. The molecule has 2 rings (SSSR count). The molecule has 1 heterocycles. The van der Waals surface area contributed by atoms with Gasteiger partial charge in [-0.2, -0.15) is 0 Å². The normalized spacial score (nSPS) is 11.4. The van der Waals surface area contributed by atoms with E-state index in [4.69, 9.17) is 5.11 Å². The van der Waals surface area contributed by atoms with Crippen LogP contribution in [-0.4, -0.2) is 13.5 Å². The van der Waals surface area contributed by atoms with E-state index in [9.17, 15) is 8.42 Å². The van der Waals surface area contributed by atoms with Crippen LogP contribution < -0.4 is 4.72 Å². The number of sulfonamides is 1. The second-order valence-electron chi connectivity index (χ2n) is 3.52. The summed E-state index contributed by atoms with van der Waals surface area (Å²) in [7, 11) is -3.57. The summed E-state index contributed by atoms with van der Waals surface area (Å²) >= 11 is 3.34. The molecule has 1 aromatic heterocycles. The average molecular weight is 395 g/mol. The third kappa shape index (κ3) is 3.22. The van der Waals surface area contributed by atoms with Crippen molar-refractivity contribution in [2.45, 2.75) is 11.5 Å². The van der Waals surface area contributed by atoms with E-state index >= 15 is 0 Å². The minimum Gasteiger partial charge on any atom is -0.391 e. The Bertz CT molecular complexity index is 652. The van der Waals surface area contributed by atoms with Crippen molar-refractivity contribution in [2.24, 2.45) is 0 Å². The van der Waals surface area contributed by atoms with Crippen molar-refractivity contribution in [2.75, 3.05) is 4.72 Å². The summed E-state index contributed by atoms with van der Waals surface area (Å²) in [5.41, 5.74) is 0.527. The number of hydrogen-bond donors (Lipinski definition) is 2. The molecule has 0 bridgehead atoms. The van der Waals surface area contributed by atoms with Crippen molar-refractivity contribution in [3.8, 4) is 0 Å². The van der Waals surface area contributed by atoms with Gasteiger partial charge in [-0.1, -0.05) is 6.07 Å². The van der Waals surface area contributed by atoms with Crippen LogP contribution in [0.1, 0.15) is 4.88 Å². The number of hydrogen-bond acceptors (Lipinski definition) is 4. The summed E-state index contributed by atoms with van der Waals surface area (Å²) in [6, 6.07) is 8.58. The van der Waals surface area contributed by atoms with Crippen LogP contribution >= 0.6 is 33.9 Å². The zero-order valence-electron chi connectivity index (χ0n) is 9.13. The molecule has 1 aromatic carbocycles. The number of benzene rings is 1. The number of nitrogens with one attached hydrogen (secondary N) is 1. The number of aliphatic hydroxyl groups is 1. The zero-order chi connectivity index (χ0) is 13.2. The van der Waals surface area contributed by atoms with Gasteiger partial charge < -0.3 is 5.11 Å². The monoisotopic (exact) mass is 395 g/mol. The van der Waals surface area contributed by atoms with Gasteiger partial charge in [0, 0.05) is 19.5 Å². The van der Waals surface area contributed by atoms with Gasteiger partial charge in [-0.05, 0) is 46.9 Å². The van der Waals surface area contributed by atoms with Gasteiger partial charge in [-0.15, -0.1) is 11.3 Å². The molecule has 0 atom stereocenters. The van der Waals surface area contributed by atoms with Crippen molar-refractivity contribution in [3.05, 3.63) is 44.2 Å². The smallest absolute Gasteiger partial charge is 0.262 e. The van der Waals surface area contributed by atoms with Gasteiger partial charge in [-0.3, -0.25) is 4.72 Å². The molecule has 0 aliphatic carbocycles. The molecule has 96 valence electrons. The van der Waals surface area contributed by atoms with Crippen LogP contribution in [0.2, 0.25) is 0 Å². The number of aliphatic hydroxyl groups excluding tert-OH is 1. The van der Waals surface area contributed by atoms with Crippen LogP contribution in [0, 0.1) is 3.57 Å². The Morgan fingerprint density at radius 1 is 1.33 bits per heavy atom. The first-order valence-electron chi connectivity index (χ1n) is 4.98. The van der Waals surface area contributed by atoms with E-state index in [0.29, 0.717) is 10.6 Å². The topological polar surface area (TPSA) is 66.4 Å². The largest absolute Gasteiger partial charge is 0.391 e. The van der Waals surface area contributed by atoms with Gasteiger partial charge in [-0.25, -0.2) is 8.42 Å². The number of thiophene rings is 1. The minimum absolute atomic E-state index is 0.149. The first-order chi connectivity index (χ1) is 8.51. The highest BCUT2D eigenvalue weighted by Gasteiger charge is 2.16. The lowest BCUT2D eigenvalue weighted by Crippen LogP contribution is -2.12. The number of halogens is 1. The fourth-order valence-electron chi connectivity index (χ4n) is 1.35. The van der Waals surface area contributed by atoms with E-state index in [1.807, 2.05) is 6.07 Å². The van der Waals surface area contributed by atoms with Gasteiger partial charge in [0.15, 0.2) is 0 Å². The van der Waals surface area contributed by atoms with E-state index in [1.54, 1.807) is 18.2 Å². The van der Waals surface area contributed by atoms with Gasteiger partial charge in [0.2, 0.25) is 0 Å². The standard InChI is InChI=1S/C11H10INO3S2/c12-8-2-1-3-9(4-8)13-18(15,16)11-5-10(6-14)17-7-11/h1-5,7,13-14H,6H2. The van der Waals surface area contributed by atoms with Crippen molar-refractivity contribution >= 4 is 49.6 Å². The Hall–Kier alpha value is -0.640. The zero-order valence-corrected chi connectivity index (χ0v) is 12.9. The maximum absolute atomic E-state index is 12.1. The van der Waals surface area contributed by atoms with Gasteiger partial charge in [0.25, 0.3) is 10.0 Å². The Kier molecular flexibility index (Phi) is 4.25. The molecule has 2 aromatic rings. The molecule has 7 heteroatoms. The molecule has 0 radical (unpaired) electrons. The predicted molar refractivity (Wildman–Crippen MR) is 80.2 cm³/mol. The van der Waals surface area contributed by atoms with Crippen LogP contribution in [0.5, 0.6) is 0 Å². The van der Waals surface area contributed by atoms with Crippen LogP contribution in [0.4, 0.5) is 5.69 Å². The van der Waals surface area contributed by atoms with Gasteiger partial charge in [0.05, 0.1) is 11.5 Å². The first-order valence-corrected chi connectivity index (χ1v) is 8.42. The molecule has 2 N–H and O–H groups in total. The highest BCUT2D eigenvalue weighted by molar-refractivity contribution is 14.1. The van der Waals surface area contributed by atoms with Crippen molar-refractivity contribution in [1.29, 1.82) is 0 Å². The lowest BCUT2D eigenvalue weighted by molar-refractivity contribution is 0.285. The van der Waals surface area contributed by atoms with E-state index in [0.717, 1.165) is 3.57 Å². The van der Waals surface area contributed by atoms with Crippen LogP contribution in [0.3, 0.4) is 0 Å². The Morgan fingerprint density at radius 2 is 2.11 bits per heavy atom. The summed E-state index contributed by atoms with van der Waals surface area (Å²) in [4.78, 5) is 0.799. The molecule has 18 heavy (non-hydrogen) atoms. The highest BCUT2D eigenvalue weighted by atomic mass is 127. The molecule has 0 saturated heterocycles. The molecule has 0 saturated carbocycles. The molecular formula is C11H10INO3S2. The van der Waals surface area contributed by atoms with Crippen LogP contribution in [-0.2, 0) is 16.6 Å². The molecule has 0 aliphatic rings. The third-order valence-electron chi connectivity index (χ3n) is 2.17. The summed E-state index contributed by atoms with van der Waals surface area (Å²) in [5.74, 6) is 0.